The highest BCUT2D eigenvalue weighted by Gasteiger charge is 2.32. The number of nitrogens with one attached hydrogen (secondary N) is 1. The van der Waals surface area contributed by atoms with Gasteiger partial charge in [-0.3, -0.25) is 19.1 Å². The molecule has 4 rings (SSSR count). The van der Waals surface area contributed by atoms with Gasteiger partial charge in [0.15, 0.2) is 0 Å². The lowest BCUT2D eigenvalue weighted by atomic mass is 10.1. The van der Waals surface area contributed by atoms with Gasteiger partial charge in [-0.15, -0.1) is 0 Å². The van der Waals surface area contributed by atoms with Gasteiger partial charge in [0.05, 0.1) is 29.3 Å². The molecule has 0 bridgehead atoms. The topological polar surface area (TPSA) is 143 Å². The van der Waals surface area contributed by atoms with Crippen LogP contribution in [0.15, 0.2) is 54.7 Å². The van der Waals surface area contributed by atoms with Crippen LogP contribution < -0.4 is 4.72 Å². The second-order valence-electron chi connectivity index (χ2n) is 8.46. The molecule has 2 amide bonds. The number of ketones is 1. The molecule has 1 N–H and O–H groups in total. The second kappa shape index (κ2) is 9.39. The first-order chi connectivity index (χ1) is 16.9. The van der Waals surface area contributed by atoms with Gasteiger partial charge in [0.2, 0.25) is 20.0 Å². The van der Waals surface area contributed by atoms with E-state index in [0.29, 0.717) is 5.56 Å². The average molecular weight is 533 g/mol. The molecule has 2 heterocycles. The van der Waals surface area contributed by atoms with Gasteiger partial charge in [-0.1, -0.05) is 30.3 Å². The van der Waals surface area contributed by atoms with Gasteiger partial charge in [0.1, 0.15) is 0 Å². The van der Waals surface area contributed by atoms with Crippen molar-refractivity contribution < 1.29 is 31.2 Å². The zero-order valence-corrected chi connectivity index (χ0v) is 21.2. The van der Waals surface area contributed by atoms with Crippen LogP contribution in [-0.2, 0) is 24.8 Å². The number of piperazine rings is 1. The van der Waals surface area contributed by atoms with Crippen LogP contribution in [0, 0.1) is 0 Å². The number of amides is 2. The van der Waals surface area contributed by atoms with Crippen molar-refractivity contribution in [2.24, 2.45) is 0 Å². The predicted molar refractivity (Wildman–Crippen MR) is 134 cm³/mol. The maximum atomic E-state index is 13.2. The lowest BCUT2D eigenvalue weighted by molar-refractivity contribution is -0.127. The zero-order chi connectivity index (χ0) is 26.3. The first-order valence-corrected chi connectivity index (χ1v) is 14.6. The molecule has 3 aromatic rings. The van der Waals surface area contributed by atoms with E-state index < -0.39 is 31.7 Å². The summed E-state index contributed by atoms with van der Waals surface area (Å²) in [7, 11) is -7.71. The lowest BCUT2D eigenvalue weighted by Gasteiger charge is -2.34. The lowest BCUT2D eigenvalue weighted by Crippen LogP contribution is -2.52. The van der Waals surface area contributed by atoms with E-state index in [9.17, 15) is 31.2 Å². The van der Waals surface area contributed by atoms with Crippen LogP contribution in [-0.4, -0.2) is 86.9 Å². The zero-order valence-electron chi connectivity index (χ0n) is 19.5. The highest BCUT2D eigenvalue weighted by molar-refractivity contribution is 7.92. The third-order valence-electron chi connectivity index (χ3n) is 5.76. The number of rotatable bonds is 6. The Morgan fingerprint density at radius 1 is 0.806 bits per heavy atom. The summed E-state index contributed by atoms with van der Waals surface area (Å²) < 4.78 is 51.5. The Balaban J connectivity index is 1.60. The minimum atomic E-state index is -3.95. The van der Waals surface area contributed by atoms with E-state index in [1.54, 1.807) is 35.2 Å². The molecule has 36 heavy (non-hydrogen) atoms. The molecule has 1 aliphatic heterocycles. The summed E-state index contributed by atoms with van der Waals surface area (Å²) in [6.07, 6.45) is 2.85. The van der Waals surface area contributed by atoms with Gasteiger partial charge in [-0.2, -0.15) is 0 Å². The van der Waals surface area contributed by atoms with Crippen LogP contribution in [0.25, 0.3) is 10.9 Å². The summed E-state index contributed by atoms with van der Waals surface area (Å²) in [4.78, 5) is 41.8. The van der Waals surface area contributed by atoms with Crippen molar-refractivity contribution in [1.82, 2.24) is 13.8 Å². The van der Waals surface area contributed by atoms with Crippen LogP contribution in [0.3, 0.4) is 0 Å². The van der Waals surface area contributed by atoms with Crippen molar-refractivity contribution in [3.05, 3.63) is 65.9 Å². The van der Waals surface area contributed by atoms with Crippen molar-refractivity contribution in [3.63, 3.8) is 0 Å². The van der Waals surface area contributed by atoms with E-state index in [0.717, 1.165) is 22.7 Å². The van der Waals surface area contributed by atoms with Gasteiger partial charge in [-0.25, -0.2) is 20.8 Å². The molecule has 0 saturated carbocycles. The number of fused-ring (bicyclic) bond motifs is 1. The summed E-state index contributed by atoms with van der Waals surface area (Å²) >= 11 is 0. The van der Waals surface area contributed by atoms with Crippen LogP contribution in [0.4, 0.5) is 5.69 Å². The molecule has 11 nitrogen and oxygen atoms in total. The smallest absolute Gasteiger partial charge is 0.295 e. The highest BCUT2D eigenvalue weighted by Crippen LogP contribution is 2.30. The Bertz CT molecular complexity index is 1570. The van der Waals surface area contributed by atoms with Crippen LogP contribution >= 0.6 is 0 Å². The normalized spacial score (nSPS) is 14.6. The van der Waals surface area contributed by atoms with Gasteiger partial charge in [0, 0.05) is 43.3 Å². The molecular formula is C23H24N4O7S2. The first kappa shape index (κ1) is 25.4. The number of Topliss-reactive ketones (excluding diaryl/α,β-unsaturated/α-hetero) is 1. The summed E-state index contributed by atoms with van der Waals surface area (Å²) in [5, 5.41) is 0.116. The minimum Gasteiger partial charge on any atom is -0.335 e. The van der Waals surface area contributed by atoms with Crippen molar-refractivity contribution in [2.75, 3.05) is 43.4 Å². The Hall–Kier alpha value is -3.71. The fourth-order valence-corrected chi connectivity index (χ4v) is 5.50. The minimum absolute atomic E-state index is 0.0417. The Morgan fingerprint density at radius 2 is 1.42 bits per heavy atom. The Morgan fingerprint density at radius 3 is 2.00 bits per heavy atom. The van der Waals surface area contributed by atoms with E-state index in [1.807, 2.05) is 0 Å². The van der Waals surface area contributed by atoms with Crippen molar-refractivity contribution >= 4 is 54.2 Å². The number of para-hydroxylation sites is 1. The van der Waals surface area contributed by atoms with Gasteiger partial charge in [-0.05, 0) is 18.2 Å². The van der Waals surface area contributed by atoms with Crippen molar-refractivity contribution in [3.8, 4) is 0 Å². The number of aromatic nitrogens is 1. The van der Waals surface area contributed by atoms with Gasteiger partial charge < -0.3 is 9.80 Å². The van der Waals surface area contributed by atoms with E-state index in [2.05, 4.69) is 4.72 Å². The largest absolute Gasteiger partial charge is 0.335 e. The number of nitrogens with zero attached hydrogens (tertiary/aromatic N) is 3. The molecule has 1 fully saturated rings. The molecule has 0 atom stereocenters. The quantitative estimate of drug-likeness (QED) is 0.368. The van der Waals surface area contributed by atoms with Crippen molar-refractivity contribution in [2.45, 2.75) is 0 Å². The molecule has 0 radical (unpaired) electrons. The molecule has 0 unspecified atom stereocenters. The third kappa shape index (κ3) is 5.11. The Labute approximate surface area is 208 Å². The predicted octanol–water partition coefficient (Wildman–Crippen LogP) is 0.988. The standard InChI is InChI=1S/C23H24N4O7S2/c1-35(31,32)24-19-10-6-9-17-18(15-27(20(17)19)36(2,33)34)21(28)23(30)26-13-11-25(12-14-26)22(29)16-7-4-3-5-8-16/h3-10,15,24H,11-14H2,1-2H3. The highest BCUT2D eigenvalue weighted by atomic mass is 32.2. The average Bonchev–Trinajstić information content (AvgIpc) is 3.24. The van der Waals surface area contributed by atoms with E-state index in [4.69, 9.17) is 0 Å². The fourth-order valence-electron chi connectivity index (χ4n) is 4.11. The van der Waals surface area contributed by atoms with E-state index in [-0.39, 0.29) is 54.2 Å². The number of carbonyl (C=O) groups is 3. The molecule has 1 saturated heterocycles. The molecule has 2 aromatic carbocycles. The molecule has 0 spiro atoms. The molecule has 1 aromatic heterocycles. The van der Waals surface area contributed by atoms with Crippen molar-refractivity contribution in [1.29, 1.82) is 0 Å². The van der Waals surface area contributed by atoms with Gasteiger partial charge >= 0.3 is 0 Å². The first-order valence-electron chi connectivity index (χ1n) is 10.9. The van der Waals surface area contributed by atoms with Crippen LogP contribution in [0.5, 0.6) is 0 Å². The van der Waals surface area contributed by atoms with Crippen LogP contribution in [0.1, 0.15) is 20.7 Å². The monoisotopic (exact) mass is 532 g/mol. The van der Waals surface area contributed by atoms with Gasteiger partial charge in [0.25, 0.3) is 17.6 Å². The fraction of sp³-hybridized carbons (Fsp3) is 0.261. The Kier molecular flexibility index (Phi) is 6.62. The molecule has 0 aliphatic carbocycles. The van der Waals surface area contributed by atoms with E-state index >= 15 is 0 Å². The third-order valence-corrected chi connectivity index (χ3v) is 7.35. The summed E-state index contributed by atoms with van der Waals surface area (Å²) in [5.74, 6) is -1.94. The number of hydrogen-bond acceptors (Lipinski definition) is 7. The maximum Gasteiger partial charge on any atom is 0.295 e. The number of benzene rings is 2. The number of sulfonamides is 1. The molecule has 1 aliphatic rings. The number of hydrogen-bond donors (Lipinski definition) is 1. The summed E-state index contributed by atoms with van der Waals surface area (Å²) in [6.45, 7) is 0.740. The number of anilines is 1. The molecule has 190 valence electrons. The van der Waals surface area contributed by atoms with Crippen LogP contribution in [0.2, 0.25) is 0 Å². The number of carbonyl (C=O) groups excluding carboxylic acids is 3. The summed E-state index contributed by atoms with van der Waals surface area (Å²) in [5.41, 5.74) is 0.264. The van der Waals surface area contributed by atoms with E-state index in [1.165, 1.54) is 23.1 Å². The second-order valence-corrected chi connectivity index (χ2v) is 12.1. The molecule has 13 heteroatoms. The SMILES string of the molecule is CS(=O)(=O)Nc1cccc2c(C(=O)C(=O)N3CCN(C(=O)c4ccccc4)CC3)cn(S(C)(=O)=O)c12. The summed E-state index contributed by atoms with van der Waals surface area (Å²) in [6, 6.07) is 13.0. The molecular weight excluding hydrogens is 508 g/mol. The maximum absolute atomic E-state index is 13.2.